The van der Waals surface area contributed by atoms with Crippen LogP contribution in [0.15, 0.2) is 18.3 Å². The summed E-state index contributed by atoms with van der Waals surface area (Å²) in [7, 11) is 0. The number of hydrogen-bond acceptors (Lipinski definition) is 3. The van der Waals surface area contributed by atoms with Gasteiger partial charge in [-0.15, -0.1) is 0 Å². The number of likely N-dealkylation sites (tertiary alicyclic amines) is 1. The number of amides is 1. The molecule has 1 amide bonds. The molecule has 0 aliphatic carbocycles. The predicted octanol–water partition coefficient (Wildman–Crippen LogP) is 2.43. The van der Waals surface area contributed by atoms with Crippen molar-refractivity contribution in [3.05, 3.63) is 29.6 Å². The number of carbonyl (C=O) groups is 2. The third kappa shape index (κ3) is 3.15. The van der Waals surface area contributed by atoms with Crippen molar-refractivity contribution in [3.63, 3.8) is 0 Å². The molecule has 5 heteroatoms. The maximum atomic E-state index is 12.4. The van der Waals surface area contributed by atoms with E-state index in [0.29, 0.717) is 19.0 Å². The number of rotatable bonds is 4. The van der Waals surface area contributed by atoms with Gasteiger partial charge in [-0.1, -0.05) is 19.8 Å². The third-order valence-electron chi connectivity index (χ3n) is 3.84. The largest absolute Gasteiger partial charge is 0.478 e. The van der Waals surface area contributed by atoms with Gasteiger partial charge >= 0.3 is 5.97 Å². The molecule has 5 nitrogen and oxygen atoms in total. The van der Waals surface area contributed by atoms with E-state index in [9.17, 15) is 9.59 Å². The van der Waals surface area contributed by atoms with Gasteiger partial charge in [-0.2, -0.15) is 0 Å². The van der Waals surface area contributed by atoms with Crippen molar-refractivity contribution in [2.45, 2.75) is 32.6 Å². The normalized spacial score (nSPS) is 16.1. The maximum absolute atomic E-state index is 12.4. The molecular formula is C15H20N2O3. The third-order valence-corrected chi connectivity index (χ3v) is 3.84. The molecule has 0 spiro atoms. The molecule has 0 atom stereocenters. The zero-order chi connectivity index (χ0) is 14.5. The van der Waals surface area contributed by atoms with E-state index in [-0.39, 0.29) is 17.2 Å². The summed E-state index contributed by atoms with van der Waals surface area (Å²) in [6.45, 7) is 3.56. The highest BCUT2D eigenvalue weighted by Crippen LogP contribution is 2.23. The summed E-state index contributed by atoms with van der Waals surface area (Å²) >= 11 is 0. The highest BCUT2D eigenvalue weighted by Gasteiger charge is 2.26. The lowest BCUT2D eigenvalue weighted by atomic mass is 9.92. The summed E-state index contributed by atoms with van der Waals surface area (Å²) in [5.74, 6) is -0.688. The lowest BCUT2D eigenvalue weighted by Gasteiger charge is -2.31. The number of nitrogens with zero attached hydrogens (tertiary/aromatic N) is 2. The van der Waals surface area contributed by atoms with E-state index in [1.54, 1.807) is 4.90 Å². The van der Waals surface area contributed by atoms with Crippen LogP contribution in [0.2, 0.25) is 0 Å². The van der Waals surface area contributed by atoms with Crippen LogP contribution in [0.3, 0.4) is 0 Å². The van der Waals surface area contributed by atoms with Crippen molar-refractivity contribution in [1.82, 2.24) is 9.88 Å². The van der Waals surface area contributed by atoms with Gasteiger partial charge in [-0.25, -0.2) is 4.79 Å². The van der Waals surface area contributed by atoms with Crippen LogP contribution in [0.25, 0.3) is 0 Å². The molecule has 1 aliphatic heterocycles. The van der Waals surface area contributed by atoms with Crippen molar-refractivity contribution < 1.29 is 14.7 Å². The van der Waals surface area contributed by atoms with Crippen molar-refractivity contribution >= 4 is 11.9 Å². The zero-order valence-electron chi connectivity index (χ0n) is 11.7. The summed E-state index contributed by atoms with van der Waals surface area (Å²) in [6.07, 6.45) is 5.82. The Hall–Kier alpha value is -1.91. The van der Waals surface area contributed by atoms with E-state index >= 15 is 0 Å². The van der Waals surface area contributed by atoms with Gasteiger partial charge in [0, 0.05) is 19.3 Å². The molecule has 0 bridgehead atoms. The number of piperidine rings is 1. The van der Waals surface area contributed by atoms with E-state index in [2.05, 4.69) is 11.9 Å². The van der Waals surface area contributed by atoms with E-state index in [1.165, 1.54) is 31.2 Å². The molecule has 20 heavy (non-hydrogen) atoms. The van der Waals surface area contributed by atoms with Crippen LogP contribution in [-0.4, -0.2) is 40.0 Å². The van der Waals surface area contributed by atoms with Gasteiger partial charge < -0.3 is 10.0 Å². The molecule has 1 saturated heterocycles. The van der Waals surface area contributed by atoms with Crippen LogP contribution in [0, 0.1) is 5.92 Å². The minimum atomic E-state index is -1.11. The Morgan fingerprint density at radius 1 is 1.40 bits per heavy atom. The minimum Gasteiger partial charge on any atom is -0.478 e. The van der Waals surface area contributed by atoms with Gasteiger partial charge in [-0.3, -0.25) is 9.78 Å². The second kappa shape index (κ2) is 6.50. The lowest BCUT2D eigenvalue weighted by Crippen LogP contribution is -2.39. The quantitative estimate of drug-likeness (QED) is 0.917. The first-order valence-corrected chi connectivity index (χ1v) is 7.11. The standard InChI is InChI=1S/C15H20N2O3/c1-2-4-11-6-9-17(10-7-11)14(18)13-12(15(19)20)5-3-8-16-13/h3,5,8,11H,2,4,6-7,9-10H2,1H3,(H,19,20). The van der Waals surface area contributed by atoms with Crippen molar-refractivity contribution in [2.75, 3.05) is 13.1 Å². The summed E-state index contributed by atoms with van der Waals surface area (Å²) in [6, 6.07) is 2.96. The molecule has 1 aromatic rings. The average Bonchev–Trinajstić information content (AvgIpc) is 2.47. The molecule has 108 valence electrons. The van der Waals surface area contributed by atoms with Gasteiger partial charge in [0.2, 0.25) is 0 Å². The molecule has 0 radical (unpaired) electrons. The zero-order valence-corrected chi connectivity index (χ0v) is 11.7. The van der Waals surface area contributed by atoms with Gasteiger partial charge in [-0.05, 0) is 30.9 Å². The number of carboxylic acids is 1. The summed E-state index contributed by atoms with van der Waals surface area (Å²) in [5.41, 5.74) is 0.0297. The Kier molecular flexibility index (Phi) is 4.71. The summed E-state index contributed by atoms with van der Waals surface area (Å²) in [4.78, 5) is 29.2. The van der Waals surface area contributed by atoms with Crippen LogP contribution in [0.5, 0.6) is 0 Å². The topological polar surface area (TPSA) is 70.5 Å². The minimum absolute atomic E-state index is 0.0202. The Labute approximate surface area is 118 Å². The molecule has 1 fully saturated rings. The number of hydrogen-bond donors (Lipinski definition) is 1. The maximum Gasteiger partial charge on any atom is 0.338 e. The second-order valence-corrected chi connectivity index (χ2v) is 5.23. The number of pyridine rings is 1. The summed E-state index contributed by atoms with van der Waals surface area (Å²) < 4.78 is 0. The molecule has 2 rings (SSSR count). The van der Waals surface area contributed by atoms with Crippen molar-refractivity contribution in [2.24, 2.45) is 5.92 Å². The van der Waals surface area contributed by atoms with Crippen molar-refractivity contribution in [3.8, 4) is 0 Å². The number of aromatic carboxylic acids is 1. The fourth-order valence-corrected chi connectivity index (χ4v) is 2.73. The monoisotopic (exact) mass is 276 g/mol. The highest BCUT2D eigenvalue weighted by atomic mass is 16.4. The second-order valence-electron chi connectivity index (χ2n) is 5.23. The van der Waals surface area contributed by atoms with E-state index in [4.69, 9.17) is 5.11 Å². The molecule has 0 unspecified atom stereocenters. The van der Waals surface area contributed by atoms with Gasteiger partial charge in [0.15, 0.2) is 0 Å². The van der Waals surface area contributed by atoms with Crippen LogP contribution >= 0.6 is 0 Å². The van der Waals surface area contributed by atoms with E-state index in [1.807, 2.05) is 0 Å². The Balaban J connectivity index is 2.08. The first-order valence-electron chi connectivity index (χ1n) is 7.11. The Morgan fingerprint density at radius 3 is 2.70 bits per heavy atom. The fraction of sp³-hybridized carbons (Fsp3) is 0.533. The van der Waals surface area contributed by atoms with Gasteiger partial charge in [0.25, 0.3) is 5.91 Å². The molecule has 1 N–H and O–H groups in total. The molecule has 2 heterocycles. The number of carboxylic acid groups (broad SMARTS) is 1. The number of carbonyl (C=O) groups excluding carboxylic acids is 1. The summed E-state index contributed by atoms with van der Waals surface area (Å²) in [5, 5.41) is 9.11. The SMILES string of the molecule is CCCC1CCN(C(=O)c2ncccc2C(=O)O)CC1. The first-order chi connectivity index (χ1) is 9.63. The van der Waals surface area contributed by atoms with Crippen LogP contribution < -0.4 is 0 Å². The van der Waals surface area contributed by atoms with E-state index in [0.717, 1.165) is 12.8 Å². The van der Waals surface area contributed by atoms with Crippen LogP contribution in [0.4, 0.5) is 0 Å². The van der Waals surface area contributed by atoms with Gasteiger partial charge in [0.1, 0.15) is 5.69 Å². The van der Waals surface area contributed by atoms with Gasteiger partial charge in [0.05, 0.1) is 5.56 Å². The Morgan fingerprint density at radius 2 is 2.10 bits per heavy atom. The van der Waals surface area contributed by atoms with E-state index < -0.39 is 5.97 Å². The predicted molar refractivity (Wildman–Crippen MR) is 74.7 cm³/mol. The highest BCUT2D eigenvalue weighted by molar-refractivity contribution is 6.03. The fourth-order valence-electron chi connectivity index (χ4n) is 2.73. The molecule has 1 aliphatic rings. The van der Waals surface area contributed by atoms with Crippen LogP contribution in [0.1, 0.15) is 53.5 Å². The lowest BCUT2D eigenvalue weighted by molar-refractivity contribution is 0.0644. The molecular weight excluding hydrogens is 256 g/mol. The number of aromatic nitrogens is 1. The average molecular weight is 276 g/mol. The smallest absolute Gasteiger partial charge is 0.338 e. The molecule has 0 aromatic carbocycles. The first kappa shape index (κ1) is 14.5. The Bertz CT molecular complexity index is 494. The molecule has 0 saturated carbocycles. The van der Waals surface area contributed by atoms with Crippen LogP contribution in [-0.2, 0) is 0 Å². The molecule has 1 aromatic heterocycles. The van der Waals surface area contributed by atoms with Crippen molar-refractivity contribution in [1.29, 1.82) is 0 Å².